The number of nitrogens with zero attached hydrogens (tertiary/aromatic N) is 4. The number of anilines is 1. The zero-order chi connectivity index (χ0) is 17.4. The molecule has 1 amide bonds. The molecule has 0 saturated carbocycles. The number of hydrogen-bond donors (Lipinski definition) is 1. The predicted octanol–water partition coefficient (Wildman–Crippen LogP) is 3.79. The maximum absolute atomic E-state index is 12.5. The minimum absolute atomic E-state index is 0.173. The second-order valence-corrected chi connectivity index (χ2v) is 6.96. The van der Waals surface area contributed by atoms with Crippen molar-refractivity contribution in [1.82, 2.24) is 19.3 Å². The Hall–Kier alpha value is -2.64. The van der Waals surface area contributed by atoms with E-state index in [0.29, 0.717) is 22.4 Å². The molecule has 126 valence electrons. The first kappa shape index (κ1) is 15.9. The Morgan fingerprint density at radius 2 is 2.20 bits per heavy atom. The van der Waals surface area contributed by atoms with E-state index in [0.717, 1.165) is 16.6 Å². The molecule has 0 fully saturated rings. The van der Waals surface area contributed by atoms with Gasteiger partial charge in [0, 0.05) is 13.2 Å². The Kier molecular flexibility index (Phi) is 4.03. The van der Waals surface area contributed by atoms with Crippen LogP contribution < -0.4 is 5.32 Å². The molecule has 0 bridgehead atoms. The van der Waals surface area contributed by atoms with Crippen LogP contribution in [0.25, 0.3) is 11.0 Å². The van der Waals surface area contributed by atoms with Gasteiger partial charge in [-0.25, -0.2) is 4.98 Å². The summed E-state index contributed by atoms with van der Waals surface area (Å²) in [6, 6.07) is 9.62. The molecular weight excluding hydrogens is 358 g/mol. The van der Waals surface area contributed by atoms with Gasteiger partial charge in [0.25, 0.3) is 5.91 Å². The third-order valence-electron chi connectivity index (χ3n) is 3.84. The number of carbonyl (C=O) groups is 1. The number of amides is 1. The molecule has 0 unspecified atom stereocenters. The Morgan fingerprint density at radius 3 is 2.96 bits per heavy atom. The van der Waals surface area contributed by atoms with Gasteiger partial charge in [0.1, 0.15) is 0 Å². The van der Waals surface area contributed by atoms with E-state index in [1.807, 2.05) is 47.3 Å². The fourth-order valence-electron chi connectivity index (χ4n) is 2.61. The lowest BCUT2D eigenvalue weighted by Gasteiger charge is -2.03. The zero-order valence-electron chi connectivity index (χ0n) is 13.3. The minimum Gasteiger partial charge on any atom is -0.313 e. The number of aryl methyl sites for hydroxylation is 1. The van der Waals surface area contributed by atoms with E-state index in [2.05, 4.69) is 15.4 Å². The van der Waals surface area contributed by atoms with Gasteiger partial charge in [0.05, 0.1) is 33.7 Å². The van der Waals surface area contributed by atoms with E-state index >= 15 is 0 Å². The van der Waals surface area contributed by atoms with Crippen molar-refractivity contribution in [2.24, 2.45) is 7.05 Å². The van der Waals surface area contributed by atoms with Gasteiger partial charge < -0.3 is 4.57 Å². The monoisotopic (exact) mass is 371 g/mol. The number of carbonyl (C=O) groups excluding carboxylic acids is 1. The van der Waals surface area contributed by atoms with Crippen molar-refractivity contribution in [2.75, 3.05) is 5.32 Å². The fourth-order valence-corrected chi connectivity index (χ4v) is 3.56. The van der Waals surface area contributed by atoms with Crippen LogP contribution in [-0.4, -0.2) is 25.2 Å². The lowest BCUT2D eigenvalue weighted by molar-refractivity contribution is 0.102. The number of imidazole rings is 1. The van der Waals surface area contributed by atoms with E-state index in [1.165, 1.54) is 11.3 Å². The highest BCUT2D eigenvalue weighted by atomic mass is 35.5. The van der Waals surface area contributed by atoms with E-state index < -0.39 is 0 Å². The molecule has 3 aromatic heterocycles. The molecule has 0 saturated heterocycles. The Bertz CT molecular complexity index is 1060. The summed E-state index contributed by atoms with van der Waals surface area (Å²) in [5, 5.41) is 9.56. The van der Waals surface area contributed by atoms with Crippen LogP contribution in [0.15, 0.2) is 48.1 Å². The quantitative estimate of drug-likeness (QED) is 0.593. The minimum atomic E-state index is -0.173. The predicted molar refractivity (Wildman–Crippen MR) is 99.3 cm³/mol. The summed E-state index contributed by atoms with van der Waals surface area (Å²) in [5.41, 5.74) is 2.82. The largest absolute Gasteiger partial charge is 0.313 e. The molecule has 6 nitrogen and oxygen atoms in total. The topological polar surface area (TPSA) is 64.7 Å². The molecule has 4 aromatic rings. The van der Waals surface area contributed by atoms with Crippen molar-refractivity contribution < 1.29 is 4.79 Å². The summed E-state index contributed by atoms with van der Waals surface area (Å²) in [6.45, 7) is 0.572. The Labute approximate surface area is 152 Å². The molecule has 0 aliphatic carbocycles. The second-order valence-electron chi connectivity index (χ2n) is 5.61. The van der Waals surface area contributed by atoms with Gasteiger partial charge in [0.15, 0.2) is 0 Å². The standard InChI is InChI=1S/C17H14ClN5OS/c1-22-14-5-3-2-4-13(14)20-17(22)21-16(24)15-6-11(10-25-15)8-23-9-12(18)7-19-23/h2-7,9-10H,8H2,1H3,(H,20,21,24). The number of para-hydroxylation sites is 2. The van der Waals surface area contributed by atoms with Crippen LogP contribution in [-0.2, 0) is 13.6 Å². The summed E-state index contributed by atoms with van der Waals surface area (Å²) in [5.74, 6) is 0.355. The molecule has 3 heterocycles. The molecular formula is C17H14ClN5OS. The van der Waals surface area contributed by atoms with Gasteiger partial charge in [-0.1, -0.05) is 23.7 Å². The second kappa shape index (κ2) is 6.34. The van der Waals surface area contributed by atoms with Gasteiger partial charge in [0.2, 0.25) is 5.95 Å². The molecule has 0 aliphatic rings. The molecule has 8 heteroatoms. The molecule has 0 radical (unpaired) electrons. The van der Waals surface area contributed by atoms with E-state index in [4.69, 9.17) is 11.6 Å². The van der Waals surface area contributed by atoms with Gasteiger partial charge in [-0.05, 0) is 29.1 Å². The number of nitrogens with one attached hydrogen (secondary N) is 1. The zero-order valence-corrected chi connectivity index (χ0v) is 14.9. The highest BCUT2D eigenvalue weighted by Gasteiger charge is 2.14. The number of fused-ring (bicyclic) bond motifs is 1. The van der Waals surface area contributed by atoms with Gasteiger partial charge >= 0.3 is 0 Å². The molecule has 4 rings (SSSR count). The normalized spacial score (nSPS) is 11.1. The number of aromatic nitrogens is 4. The highest BCUT2D eigenvalue weighted by molar-refractivity contribution is 7.12. The first-order valence-corrected chi connectivity index (χ1v) is 8.84. The van der Waals surface area contributed by atoms with Gasteiger partial charge in [-0.15, -0.1) is 11.3 Å². The third kappa shape index (κ3) is 3.16. The van der Waals surface area contributed by atoms with Crippen molar-refractivity contribution in [3.8, 4) is 0 Å². The highest BCUT2D eigenvalue weighted by Crippen LogP contribution is 2.21. The number of benzene rings is 1. The van der Waals surface area contributed by atoms with Crippen LogP contribution in [0.3, 0.4) is 0 Å². The van der Waals surface area contributed by atoms with Crippen molar-refractivity contribution in [2.45, 2.75) is 6.54 Å². The van der Waals surface area contributed by atoms with Crippen molar-refractivity contribution in [3.63, 3.8) is 0 Å². The summed E-state index contributed by atoms with van der Waals surface area (Å²) in [4.78, 5) is 17.6. The van der Waals surface area contributed by atoms with E-state index in [9.17, 15) is 4.79 Å². The van der Waals surface area contributed by atoms with Crippen LogP contribution in [0.2, 0.25) is 5.02 Å². The molecule has 0 atom stereocenters. The van der Waals surface area contributed by atoms with Crippen molar-refractivity contribution >= 4 is 45.8 Å². The molecule has 0 aliphatic heterocycles. The van der Waals surface area contributed by atoms with Crippen LogP contribution >= 0.6 is 22.9 Å². The first-order valence-electron chi connectivity index (χ1n) is 7.58. The Balaban J connectivity index is 1.52. The van der Waals surface area contributed by atoms with Crippen LogP contribution in [0.4, 0.5) is 5.95 Å². The summed E-state index contributed by atoms with van der Waals surface area (Å²) >= 11 is 7.26. The van der Waals surface area contributed by atoms with Crippen molar-refractivity contribution in [3.05, 3.63) is 63.6 Å². The maximum atomic E-state index is 12.5. The average Bonchev–Trinajstić information content (AvgIpc) is 3.30. The molecule has 0 spiro atoms. The summed E-state index contributed by atoms with van der Waals surface area (Å²) in [7, 11) is 1.88. The fraction of sp³-hybridized carbons (Fsp3) is 0.118. The number of thiophene rings is 1. The van der Waals surface area contributed by atoms with E-state index in [-0.39, 0.29) is 5.91 Å². The van der Waals surface area contributed by atoms with Crippen molar-refractivity contribution in [1.29, 1.82) is 0 Å². The smallest absolute Gasteiger partial charge is 0.268 e. The lowest BCUT2D eigenvalue weighted by Crippen LogP contribution is -2.13. The molecule has 25 heavy (non-hydrogen) atoms. The van der Waals surface area contributed by atoms with E-state index in [1.54, 1.807) is 17.1 Å². The lowest BCUT2D eigenvalue weighted by atomic mass is 10.3. The van der Waals surface area contributed by atoms with Gasteiger partial charge in [-0.2, -0.15) is 5.10 Å². The van der Waals surface area contributed by atoms with Crippen LogP contribution in [0.1, 0.15) is 15.2 Å². The number of hydrogen-bond acceptors (Lipinski definition) is 4. The SMILES string of the molecule is Cn1c(NC(=O)c2cc(Cn3cc(Cl)cn3)cs2)nc2ccccc21. The van der Waals surface area contributed by atoms with Gasteiger partial charge in [-0.3, -0.25) is 14.8 Å². The summed E-state index contributed by atoms with van der Waals surface area (Å²) < 4.78 is 3.60. The first-order chi connectivity index (χ1) is 12.1. The third-order valence-corrected chi connectivity index (χ3v) is 5.01. The number of rotatable bonds is 4. The summed E-state index contributed by atoms with van der Waals surface area (Å²) in [6.07, 6.45) is 3.34. The van der Waals surface area contributed by atoms with Crippen LogP contribution in [0, 0.1) is 0 Å². The average molecular weight is 372 g/mol. The molecule has 1 N–H and O–H groups in total. The maximum Gasteiger partial charge on any atom is 0.268 e. The number of halogens is 1. The van der Waals surface area contributed by atoms with Crippen LogP contribution in [0.5, 0.6) is 0 Å². The molecule has 1 aromatic carbocycles. The Morgan fingerprint density at radius 1 is 1.36 bits per heavy atom.